The van der Waals surface area contributed by atoms with Crippen LogP contribution in [0.4, 0.5) is 34.1 Å². The predicted octanol–water partition coefficient (Wildman–Crippen LogP) is 18.6. The van der Waals surface area contributed by atoms with Crippen LogP contribution < -0.4 is 9.80 Å². The van der Waals surface area contributed by atoms with Gasteiger partial charge in [0.1, 0.15) is 0 Å². The Labute approximate surface area is 410 Å². The first-order valence-corrected chi connectivity index (χ1v) is 25.2. The minimum atomic E-state index is 0.0559. The highest BCUT2D eigenvalue weighted by Crippen LogP contribution is 2.51. The van der Waals surface area contributed by atoms with Gasteiger partial charge >= 0.3 is 0 Å². The van der Waals surface area contributed by atoms with E-state index in [2.05, 4.69) is 256 Å². The zero-order valence-corrected chi connectivity index (χ0v) is 41.5. The fraction of sp³-hybridized carbons (Fsp3) is 0.182. The SMILES string of the molecule is CCc1cccc(N(c2ccc(C(C)(C)C)cc2)c2ccc3c4cc5c(cc4n4c6ccccc6c2c34)c2ccc(N(c3ccc(C(C)(C)C)cc3)c3cccc(CC)c3)c3c4ccccc4n5c23)c1. The van der Waals surface area contributed by atoms with Gasteiger partial charge in [-0.2, -0.15) is 0 Å². The van der Waals surface area contributed by atoms with Crippen molar-refractivity contribution in [2.75, 3.05) is 9.80 Å². The average Bonchev–Trinajstić information content (AvgIpc) is 4.10. The van der Waals surface area contributed by atoms with E-state index in [-0.39, 0.29) is 10.8 Å². The summed E-state index contributed by atoms with van der Waals surface area (Å²) in [6.45, 7) is 18.2. The lowest BCUT2D eigenvalue weighted by Crippen LogP contribution is -2.13. The van der Waals surface area contributed by atoms with Gasteiger partial charge < -0.3 is 18.6 Å². The summed E-state index contributed by atoms with van der Waals surface area (Å²) in [4.78, 5) is 4.98. The molecule has 0 aliphatic rings. The average molecular weight is 907 g/mol. The summed E-state index contributed by atoms with van der Waals surface area (Å²) in [5.74, 6) is 0. The normalized spacial score (nSPS) is 12.7. The van der Waals surface area contributed by atoms with Crippen LogP contribution in [0.15, 0.2) is 182 Å². The standard InChI is InChI=1S/C66H58N4/c1-9-41-17-15-19-47(37-41)67(45-29-25-43(26-30-45)65(3,4)5)57-35-33-49-53-39-60-54(40-59(53)69-55-23-13-11-21-51(55)61(57)63(49)69)50-34-36-58(62-52-22-12-14-24-56(52)70(60)64(50)62)68(48-20-16-18-42(10-2)38-48)46-31-27-44(28-32-46)66(6,7)8/h11-40H,9-10H2,1-8H3. The second-order valence-corrected chi connectivity index (χ2v) is 21.6. The number of rotatable bonds is 8. The van der Waals surface area contributed by atoms with Gasteiger partial charge in [-0.1, -0.05) is 152 Å². The molecule has 0 aliphatic heterocycles. The van der Waals surface area contributed by atoms with Crippen LogP contribution in [0, 0.1) is 0 Å². The molecule has 13 aromatic rings. The van der Waals surface area contributed by atoms with E-state index in [1.54, 1.807) is 0 Å². The van der Waals surface area contributed by atoms with Gasteiger partial charge in [-0.15, -0.1) is 0 Å². The molecule has 0 aliphatic carbocycles. The molecule has 0 N–H and O–H groups in total. The van der Waals surface area contributed by atoms with Crippen LogP contribution in [-0.2, 0) is 23.7 Å². The molecule has 0 saturated heterocycles. The van der Waals surface area contributed by atoms with Crippen LogP contribution in [0.5, 0.6) is 0 Å². The van der Waals surface area contributed by atoms with E-state index in [4.69, 9.17) is 0 Å². The molecule has 0 radical (unpaired) electrons. The van der Waals surface area contributed by atoms with Crippen molar-refractivity contribution in [3.05, 3.63) is 204 Å². The number of hydrogen-bond donors (Lipinski definition) is 0. The van der Waals surface area contributed by atoms with Crippen molar-refractivity contribution in [1.29, 1.82) is 0 Å². The maximum absolute atomic E-state index is 2.56. The molecule has 70 heavy (non-hydrogen) atoms. The Balaban J connectivity index is 1.08. The molecule has 4 heterocycles. The molecule has 0 fully saturated rings. The van der Waals surface area contributed by atoms with Gasteiger partial charge in [-0.05, 0) is 131 Å². The van der Waals surface area contributed by atoms with Gasteiger partial charge in [0.15, 0.2) is 0 Å². The van der Waals surface area contributed by atoms with Crippen LogP contribution in [-0.4, -0.2) is 8.80 Å². The quantitative estimate of drug-likeness (QED) is 0.151. The van der Waals surface area contributed by atoms with Gasteiger partial charge in [-0.3, -0.25) is 0 Å². The fourth-order valence-corrected chi connectivity index (χ4v) is 11.8. The maximum Gasteiger partial charge on any atom is 0.0641 e. The van der Waals surface area contributed by atoms with E-state index in [0.717, 1.165) is 24.2 Å². The lowest BCUT2D eigenvalue weighted by molar-refractivity contribution is 0.590. The van der Waals surface area contributed by atoms with Gasteiger partial charge in [0.2, 0.25) is 0 Å². The highest BCUT2D eigenvalue weighted by atomic mass is 15.2. The first-order chi connectivity index (χ1) is 33.9. The Bertz CT molecular complexity index is 3880. The Morgan fingerprint density at radius 3 is 1.13 bits per heavy atom. The van der Waals surface area contributed by atoms with Gasteiger partial charge in [-0.25, -0.2) is 0 Å². The Morgan fingerprint density at radius 1 is 0.343 bits per heavy atom. The van der Waals surface area contributed by atoms with Crippen molar-refractivity contribution in [3.63, 3.8) is 0 Å². The van der Waals surface area contributed by atoms with E-state index in [9.17, 15) is 0 Å². The molecule has 0 unspecified atom stereocenters. The van der Waals surface area contributed by atoms with Gasteiger partial charge in [0, 0.05) is 65.8 Å². The lowest BCUT2D eigenvalue weighted by atomic mass is 9.87. The number of aromatic nitrogens is 2. The summed E-state index contributed by atoms with van der Waals surface area (Å²) in [5, 5.41) is 10.1. The van der Waals surface area contributed by atoms with Gasteiger partial charge in [0.25, 0.3) is 0 Å². The Hall–Kier alpha value is -7.82. The topological polar surface area (TPSA) is 15.3 Å². The molecule has 9 aromatic carbocycles. The second-order valence-electron chi connectivity index (χ2n) is 21.6. The fourth-order valence-electron chi connectivity index (χ4n) is 11.8. The third kappa shape index (κ3) is 6.21. The molecule has 0 atom stereocenters. The van der Waals surface area contributed by atoms with Crippen molar-refractivity contribution < 1.29 is 0 Å². The number of nitrogens with zero attached hydrogens (tertiary/aromatic N) is 4. The molecule has 0 bridgehead atoms. The van der Waals surface area contributed by atoms with E-state index < -0.39 is 0 Å². The zero-order valence-electron chi connectivity index (χ0n) is 41.5. The summed E-state index contributed by atoms with van der Waals surface area (Å²) in [6, 6.07) is 69.3. The molecule has 0 amide bonds. The summed E-state index contributed by atoms with van der Waals surface area (Å²) in [5.41, 5.74) is 19.9. The molecular weight excluding hydrogens is 849 g/mol. The highest BCUT2D eigenvalue weighted by Gasteiger charge is 2.28. The number of fused-ring (bicyclic) bond motifs is 12. The van der Waals surface area contributed by atoms with E-state index in [1.807, 2.05) is 0 Å². The van der Waals surface area contributed by atoms with Crippen LogP contribution in [0.2, 0.25) is 0 Å². The van der Waals surface area contributed by atoms with E-state index in [1.165, 1.54) is 121 Å². The monoisotopic (exact) mass is 906 g/mol. The molecule has 0 spiro atoms. The third-order valence-corrected chi connectivity index (χ3v) is 15.4. The minimum absolute atomic E-state index is 0.0559. The molecule has 342 valence electrons. The largest absolute Gasteiger partial charge is 0.310 e. The summed E-state index contributed by atoms with van der Waals surface area (Å²) in [6.07, 6.45) is 1.95. The van der Waals surface area contributed by atoms with E-state index in [0.29, 0.717) is 0 Å². The van der Waals surface area contributed by atoms with Crippen molar-refractivity contribution in [2.24, 2.45) is 0 Å². The maximum atomic E-state index is 2.56. The summed E-state index contributed by atoms with van der Waals surface area (Å²) in [7, 11) is 0. The first-order valence-electron chi connectivity index (χ1n) is 25.2. The third-order valence-electron chi connectivity index (χ3n) is 15.4. The first kappa shape index (κ1) is 42.3. The van der Waals surface area contributed by atoms with Crippen LogP contribution >= 0.6 is 0 Å². The smallest absolute Gasteiger partial charge is 0.0641 e. The molecule has 13 rings (SSSR count). The second kappa shape index (κ2) is 15.3. The Kier molecular flexibility index (Phi) is 9.27. The summed E-state index contributed by atoms with van der Waals surface area (Å²) >= 11 is 0. The number of benzene rings is 9. The molecule has 0 saturated carbocycles. The molecular formula is C66H58N4. The number of hydrogen-bond acceptors (Lipinski definition) is 2. The number of para-hydroxylation sites is 2. The number of aryl methyl sites for hydroxylation is 2. The molecule has 4 nitrogen and oxygen atoms in total. The molecule has 4 heteroatoms. The van der Waals surface area contributed by atoms with Crippen molar-refractivity contribution in [2.45, 2.75) is 79.1 Å². The predicted molar refractivity (Wildman–Crippen MR) is 301 cm³/mol. The van der Waals surface area contributed by atoms with Crippen molar-refractivity contribution >= 4 is 110 Å². The highest BCUT2D eigenvalue weighted by molar-refractivity contribution is 6.32. The van der Waals surface area contributed by atoms with Crippen LogP contribution in [0.25, 0.3) is 76.2 Å². The minimum Gasteiger partial charge on any atom is -0.310 e. The zero-order chi connectivity index (χ0) is 47.8. The lowest BCUT2D eigenvalue weighted by Gasteiger charge is -2.28. The molecule has 4 aromatic heterocycles. The number of anilines is 6. The van der Waals surface area contributed by atoms with Crippen molar-refractivity contribution in [3.8, 4) is 0 Å². The van der Waals surface area contributed by atoms with Crippen molar-refractivity contribution in [1.82, 2.24) is 8.80 Å². The van der Waals surface area contributed by atoms with Gasteiger partial charge in [0.05, 0.1) is 44.5 Å². The Morgan fingerprint density at radius 2 is 0.743 bits per heavy atom. The van der Waals surface area contributed by atoms with Crippen LogP contribution in [0.1, 0.15) is 77.6 Å². The summed E-state index contributed by atoms with van der Waals surface area (Å²) < 4.78 is 5.12. The van der Waals surface area contributed by atoms with Crippen LogP contribution in [0.3, 0.4) is 0 Å². The van der Waals surface area contributed by atoms with E-state index >= 15 is 0 Å².